The number of anilines is 1. The molecule has 1 aromatic heterocycles. The van der Waals surface area contributed by atoms with E-state index < -0.39 is 0 Å². The minimum Gasteiger partial charge on any atom is -0.398 e. The van der Waals surface area contributed by atoms with Crippen molar-refractivity contribution in [2.24, 2.45) is 0 Å². The van der Waals surface area contributed by atoms with Crippen molar-refractivity contribution in [3.05, 3.63) is 59.4 Å². The van der Waals surface area contributed by atoms with E-state index in [9.17, 15) is 4.79 Å². The van der Waals surface area contributed by atoms with Crippen LogP contribution in [-0.4, -0.2) is 10.9 Å². The van der Waals surface area contributed by atoms with E-state index in [-0.39, 0.29) is 5.91 Å². The Morgan fingerprint density at radius 2 is 2.17 bits per heavy atom. The summed E-state index contributed by atoms with van der Waals surface area (Å²) < 4.78 is 0. The van der Waals surface area contributed by atoms with Crippen LogP contribution in [0, 0.1) is 6.92 Å². The second-order valence-corrected chi connectivity index (χ2v) is 4.09. The fourth-order valence-corrected chi connectivity index (χ4v) is 1.66. The number of rotatable bonds is 3. The molecular weight excluding hydrogens is 226 g/mol. The minimum atomic E-state index is -0.182. The molecule has 1 aromatic carbocycles. The Morgan fingerprint density at radius 1 is 1.33 bits per heavy atom. The van der Waals surface area contributed by atoms with Crippen LogP contribution in [0.25, 0.3) is 0 Å². The first kappa shape index (κ1) is 12.1. The number of carbonyl (C=O) groups excluding carboxylic acids is 1. The molecule has 0 bridgehead atoms. The summed E-state index contributed by atoms with van der Waals surface area (Å²) >= 11 is 0. The zero-order valence-corrected chi connectivity index (χ0v) is 10.2. The van der Waals surface area contributed by atoms with Crippen LogP contribution in [0.2, 0.25) is 0 Å². The van der Waals surface area contributed by atoms with E-state index in [2.05, 4.69) is 10.3 Å². The predicted octanol–water partition coefficient (Wildman–Crippen LogP) is 1.90. The number of nitrogen functional groups attached to an aromatic ring is 1. The molecule has 1 amide bonds. The molecule has 0 saturated heterocycles. The van der Waals surface area contributed by atoms with Gasteiger partial charge in [0.2, 0.25) is 0 Å². The van der Waals surface area contributed by atoms with E-state index in [4.69, 9.17) is 5.73 Å². The number of aromatic nitrogens is 1. The van der Waals surface area contributed by atoms with Gasteiger partial charge < -0.3 is 11.1 Å². The summed E-state index contributed by atoms with van der Waals surface area (Å²) in [7, 11) is 0. The predicted molar refractivity (Wildman–Crippen MR) is 71.0 cm³/mol. The Labute approximate surface area is 106 Å². The normalized spacial score (nSPS) is 10.1. The quantitative estimate of drug-likeness (QED) is 0.806. The average molecular weight is 241 g/mol. The van der Waals surface area contributed by atoms with E-state index in [1.807, 2.05) is 31.2 Å². The topological polar surface area (TPSA) is 68.0 Å². The summed E-state index contributed by atoms with van der Waals surface area (Å²) in [6.07, 6.45) is 1.70. The van der Waals surface area contributed by atoms with Crippen LogP contribution in [-0.2, 0) is 6.54 Å². The van der Waals surface area contributed by atoms with E-state index in [0.29, 0.717) is 17.8 Å². The third kappa shape index (κ3) is 2.85. The number of aryl methyl sites for hydroxylation is 1. The molecular formula is C14H15N3O. The van der Waals surface area contributed by atoms with Crippen LogP contribution in [0.4, 0.5) is 5.69 Å². The molecule has 2 aromatic rings. The van der Waals surface area contributed by atoms with Crippen molar-refractivity contribution in [2.45, 2.75) is 13.5 Å². The van der Waals surface area contributed by atoms with Gasteiger partial charge in [-0.3, -0.25) is 9.78 Å². The lowest BCUT2D eigenvalue weighted by molar-refractivity contribution is 0.0951. The van der Waals surface area contributed by atoms with E-state index in [1.165, 1.54) is 0 Å². The van der Waals surface area contributed by atoms with Crippen LogP contribution in [0.15, 0.2) is 42.6 Å². The monoisotopic (exact) mass is 241 g/mol. The number of benzene rings is 1. The number of nitrogens with one attached hydrogen (secondary N) is 1. The van der Waals surface area contributed by atoms with E-state index in [1.54, 1.807) is 18.3 Å². The van der Waals surface area contributed by atoms with Gasteiger partial charge in [-0.2, -0.15) is 0 Å². The SMILES string of the molecule is Cc1ccc(C(=O)NCc2ccccn2)c(N)c1. The number of hydrogen-bond acceptors (Lipinski definition) is 3. The molecule has 18 heavy (non-hydrogen) atoms. The maximum absolute atomic E-state index is 11.9. The van der Waals surface area contributed by atoms with Gasteiger partial charge in [-0.1, -0.05) is 12.1 Å². The van der Waals surface area contributed by atoms with E-state index in [0.717, 1.165) is 11.3 Å². The lowest BCUT2D eigenvalue weighted by atomic mass is 10.1. The molecule has 3 N–H and O–H groups in total. The number of nitrogens with two attached hydrogens (primary N) is 1. The highest BCUT2D eigenvalue weighted by Gasteiger charge is 2.09. The molecule has 0 saturated carbocycles. The van der Waals surface area contributed by atoms with Gasteiger partial charge in [0.1, 0.15) is 0 Å². The van der Waals surface area contributed by atoms with Gasteiger partial charge in [-0.25, -0.2) is 0 Å². The smallest absolute Gasteiger partial charge is 0.253 e. The Balaban J connectivity index is 2.04. The van der Waals surface area contributed by atoms with Gasteiger partial charge in [-0.15, -0.1) is 0 Å². The summed E-state index contributed by atoms with van der Waals surface area (Å²) in [6, 6.07) is 11.0. The third-order valence-corrected chi connectivity index (χ3v) is 2.61. The molecule has 92 valence electrons. The average Bonchev–Trinajstić information content (AvgIpc) is 2.37. The summed E-state index contributed by atoms with van der Waals surface area (Å²) in [5, 5.41) is 2.79. The Morgan fingerprint density at radius 3 is 2.83 bits per heavy atom. The fraction of sp³-hybridized carbons (Fsp3) is 0.143. The molecule has 2 rings (SSSR count). The molecule has 0 spiro atoms. The number of pyridine rings is 1. The van der Waals surface area contributed by atoms with Crippen LogP contribution in [0.1, 0.15) is 21.6 Å². The van der Waals surface area contributed by atoms with Crippen LogP contribution in [0.3, 0.4) is 0 Å². The lowest BCUT2D eigenvalue weighted by Crippen LogP contribution is -2.24. The van der Waals surface area contributed by atoms with Crippen molar-refractivity contribution >= 4 is 11.6 Å². The summed E-state index contributed by atoms with van der Waals surface area (Å²) in [6.45, 7) is 2.33. The third-order valence-electron chi connectivity index (χ3n) is 2.61. The first-order chi connectivity index (χ1) is 8.66. The Bertz CT molecular complexity index is 552. The van der Waals surface area contributed by atoms with Crippen molar-refractivity contribution in [2.75, 3.05) is 5.73 Å². The van der Waals surface area contributed by atoms with Crippen molar-refractivity contribution in [3.63, 3.8) is 0 Å². The van der Waals surface area contributed by atoms with Crippen molar-refractivity contribution < 1.29 is 4.79 Å². The summed E-state index contributed by atoms with van der Waals surface area (Å²) in [5.74, 6) is -0.182. The number of carbonyl (C=O) groups is 1. The molecule has 0 aliphatic rings. The molecule has 0 fully saturated rings. The van der Waals surface area contributed by atoms with Crippen LogP contribution >= 0.6 is 0 Å². The summed E-state index contributed by atoms with van der Waals surface area (Å²) in [5.41, 5.74) is 8.66. The highest BCUT2D eigenvalue weighted by Crippen LogP contribution is 2.13. The van der Waals surface area contributed by atoms with Crippen LogP contribution < -0.4 is 11.1 Å². The molecule has 0 aliphatic heterocycles. The van der Waals surface area contributed by atoms with Gasteiger partial charge in [0, 0.05) is 11.9 Å². The van der Waals surface area contributed by atoms with Gasteiger partial charge >= 0.3 is 0 Å². The van der Waals surface area contributed by atoms with Crippen molar-refractivity contribution in [1.82, 2.24) is 10.3 Å². The zero-order chi connectivity index (χ0) is 13.0. The highest BCUT2D eigenvalue weighted by atomic mass is 16.1. The second kappa shape index (κ2) is 5.31. The molecule has 1 heterocycles. The second-order valence-electron chi connectivity index (χ2n) is 4.09. The van der Waals surface area contributed by atoms with Gasteiger partial charge in [-0.05, 0) is 36.8 Å². The fourth-order valence-electron chi connectivity index (χ4n) is 1.66. The van der Waals surface area contributed by atoms with Crippen molar-refractivity contribution in [3.8, 4) is 0 Å². The molecule has 0 unspecified atom stereocenters. The standard InChI is InChI=1S/C14H15N3O/c1-10-5-6-12(13(15)8-10)14(18)17-9-11-4-2-3-7-16-11/h2-8H,9,15H2,1H3,(H,17,18). The van der Waals surface area contributed by atoms with Crippen LogP contribution in [0.5, 0.6) is 0 Å². The molecule has 4 heteroatoms. The molecule has 0 aliphatic carbocycles. The maximum Gasteiger partial charge on any atom is 0.253 e. The number of nitrogens with zero attached hydrogens (tertiary/aromatic N) is 1. The van der Waals surface area contributed by atoms with Gasteiger partial charge in [0.15, 0.2) is 0 Å². The number of amides is 1. The molecule has 0 atom stereocenters. The van der Waals surface area contributed by atoms with Gasteiger partial charge in [0.25, 0.3) is 5.91 Å². The van der Waals surface area contributed by atoms with E-state index >= 15 is 0 Å². The maximum atomic E-state index is 11.9. The molecule has 4 nitrogen and oxygen atoms in total. The Kier molecular flexibility index (Phi) is 3.57. The highest BCUT2D eigenvalue weighted by molar-refractivity contribution is 5.99. The lowest BCUT2D eigenvalue weighted by Gasteiger charge is -2.07. The zero-order valence-electron chi connectivity index (χ0n) is 10.2. The Hall–Kier alpha value is -2.36. The van der Waals surface area contributed by atoms with Crippen molar-refractivity contribution in [1.29, 1.82) is 0 Å². The molecule has 0 radical (unpaired) electrons. The number of hydrogen-bond donors (Lipinski definition) is 2. The first-order valence-corrected chi connectivity index (χ1v) is 5.71. The van der Waals surface area contributed by atoms with Gasteiger partial charge in [0.05, 0.1) is 17.8 Å². The largest absolute Gasteiger partial charge is 0.398 e. The summed E-state index contributed by atoms with van der Waals surface area (Å²) in [4.78, 5) is 16.1. The minimum absolute atomic E-state index is 0.182. The first-order valence-electron chi connectivity index (χ1n) is 5.71.